The Labute approximate surface area is 141 Å². The third-order valence-corrected chi connectivity index (χ3v) is 3.02. The van der Waals surface area contributed by atoms with Gasteiger partial charge in [0.2, 0.25) is 17.7 Å². The summed E-state index contributed by atoms with van der Waals surface area (Å²) >= 11 is 0. The van der Waals surface area contributed by atoms with Crippen molar-refractivity contribution in [3.05, 3.63) is 35.9 Å². The lowest BCUT2D eigenvalue weighted by molar-refractivity contribution is -0.147. The van der Waals surface area contributed by atoms with Crippen LogP contribution in [0.1, 0.15) is 39.2 Å². The zero-order chi connectivity index (χ0) is 18.2. The summed E-state index contributed by atoms with van der Waals surface area (Å²) in [5, 5.41) is 2.48. The van der Waals surface area contributed by atoms with E-state index in [0.29, 0.717) is 6.42 Å². The fourth-order valence-corrected chi connectivity index (χ4v) is 1.83. The Balaban J connectivity index is 2.45. The molecule has 7 nitrogen and oxygen atoms in total. The smallest absolute Gasteiger partial charge is 0.246 e. The van der Waals surface area contributed by atoms with Crippen LogP contribution in [-0.4, -0.2) is 29.4 Å². The first kappa shape index (κ1) is 19.6. The number of amides is 3. The lowest BCUT2D eigenvalue weighted by Crippen LogP contribution is -2.47. The molecule has 0 heterocycles. The number of aryl methyl sites for hydroxylation is 1. The molecule has 0 bridgehead atoms. The van der Waals surface area contributed by atoms with Gasteiger partial charge in [0.15, 0.2) is 0 Å². The Hall–Kier alpha value is -2.41. The third-order valence-electron chi connectivity index (χ3n) is 3.02. The molecule has 1 aromatic carbocycles. The van der Waals surface area contributed by atoms with Crippen LogP contribution in [0.2, 0.25) is 0 Å². The normalized spacial score (nSPS) is 12.3. The van der Waals surface area contributed by atoms with Crippen molar-refractivity contribution < 1.29 is 19.2 Å². The highest BCUT2D eigenvalue weighted by atomic mass is 16.7. The van der Waals surface area contributed by atoms with E-state index in [1.54, 1.807) is 20.8 Å². The summed E-state index contributed by atoms with van der Waals surface area (Å²) in [5.74, 6) is -1.64. The van der Waals surface area contributed by atoms with Gasteiger partial charge in [0.1, 0.15) is 6.04 Å². The molecule has 3 amide bonds. The number of carbonyl (C=O) groups is 3. The van der Waals surface area contributed by atoms with Crippen LogP contribution in [0, 0.1) is 0 Å². The summed E-state index contributed by atoms with van der Waals surface area (Å²) in [6, 6.07) is 8.42. The largest absolute Gasteiger partial charge is 0.368 e. The zero-order valence-corrected chi connectivity index (χ0v) is 14.3. The fraction of sp³-hybridized carbons (Fsp3) is 0.471. The number of benzene rings is 1. The van der Waals surface area contributed by atoms with E-state index < -0.39 is 23.5 Å². The first-order valence-corrected chi connectivity index (χ1v) is 7.77. The maximum absolute atomic E-state index is 11.9. The first-order valence-electron chi connectivity index (χ1n) is 7.77. The molecule has 0 unspecified atom stereocenters. The molecule has 1 atom stereocenters. The Kier molecular flexibility index (Phi) is 7.38. The number of rotatable bonds is 8. The van der Waals surface area contributed by atoms with Crippen LogP contribution < -0.4 is 16.5 Å². The van der Waals surface area contributed by atoms with Gasteiger partial charge in [-0.25, -0.2) is 5.48 Å². The van der Waals surface area contributed by atoms with Crippen molar-refractivity contribution in [2.45, 2.75) is 51.7 Å². The predicted octanol–water partition coefficient (Wildman–Crippen LogP) is 0.826. The van der Waals surface area contributed by atoms with Crippen LogP contribution in [0.25, 0.3) is 0 Å². The molecule has 0 aliphatic carbocycles. The molecule has 0 aromatic heterocycles. The van der Waals surface area contributed by atoms with Crippen molar-refractivity contribution in [3.8, 4) is 0 Å². The molecule has 7 heteroatoms. The second-order valence-corrected chi connectivity index (χ2v) is 6.45. The van der Waals surface area contributed by atoms with Crippen LogP contribution in [0.5, 0.6) is 0 Å². The minimum atomic E-state index is -1.07. The highest BCUT2D eigenvalue weighted by molar-refractivity contribution is 5.90. The number of hydroxylamine groups is 1. The molecule has 0 saturated carbocycles. The molecule has 0 spiro atoms. The van der Waals surface area contributed by atoms with Gasteiger partial charge in [-0.3, -0.25) is 19.2 Å². The Morgan fingerprint density at radius 3 is 2.29 bits per heavy atom. The van der Waals surface area contributed by atoms with Gasteiger partial charge in [0, 0.05) is 6.42 Å². The molecule has 1 aromatic rings. The lowest BCUT2D eigenvalue weighted by atomic mass is 10.1. The molecule has 1 rings (SSSR count). The molecule has 132 valence electrons. The summed E-state index contributed by atoms with van der Waals surface area (Å²) in [5.41, 5.74) is 7.94. The molecule has 0 fully saturated rings. The quantitative estimate of drug-likeness (QED) is 0.611. The standard InChI is InChI=1S/C17H25N3O4/c1-17(2,3)24-20-15(22)11-13(16(18)23)19-14(21)10-9-12-7-5-4-6-8-12/h4-8,13H,9-11H2,1-3H3,(H2,18,23)(H,19,21)(H,20,22)/t13-/m0/s1. The number of nitrogens with one attached hydrogen (secondary N) is 2. The van der Waals surface area contributed by atoms with E-state index in [2.05, 4.69) is 10.8 Å². The fourth-order valence-electron chi connectivity index (χ4n) is 1.83. The van der Waals surface area contributed by atoms with Crippen LogP contribution in [-0.2, 0) is 25.6 Å². The van der Waals surface area contributed by atoms with Gasteiger partial charge in [0.05, 0.1) is 12.0 Å². The Morgan fingerprint density at radius 1 is 1.12 bits per heavy atom. The van der Waals surface area contributed by atoms with Crippen LogP contribution >= 0.6 is 0 Å². The van der Waals surface area contributed by atoms with E-state index in [1.165, 1.54) is 0 Å². The number of primary amides is 1. The second kappa shape index (κ2) is 9.02. The summed E-state index contributed by atoms with van der Waals surface area (Å²) < 4.78 is 0. The molecule has 0 aliphatic rings. The van der Waals surface area contributed by atoms with Crippen LogP contribution in [0.4, 0.5) is 0 Å². The summed E-state index contributed by atoms with van der Waals surface area (Å²) in [6.45, 7) is 5.30. The van der Waals surface area contributed by atoms with Crippen molar-refractivity contribution in [1.29, 1.82) is 0 Å². The number of carbonyl (C=O) groups excluding carboxylic acids is 3. The lowest BCUT2D eigenvalue weighted by Gasteiger charge is -2.20. The maximum Gasteiger partial charge on any atom is 0.246 e. The van der Waals surface area contributed by atoms with E-state index in [-0.39, 0.29) is 18.7 Å². The Bertz CT molecular complexity index is 567. The summed E-state index contributed by atoms with van der Waals surface area (Å²) in [6.07, 6.45) is 0.466. The molecular weight excluding hydrogens is 310 g/mol. The number of nitrogens with two attached hydrogens (primary N) is 1. The monoisotopic (exact) mass is 335 g/mol. The topological polar surface area (TPSA) is 111 Å². The van der Waals surface area contributed by atoms with Gasteiger partial charge in [-0.1, -0.05) is 30.3 Å². The number of hydrogen-bond acceptors (Lipinski definition) is 4. The maximum atomic E-state index is 11.9. The van der Waals surface area contributed by atoms with Crippen molar-refractivity contribution in [2.24, 2.45) is 5.73 Å². The number of hydrogen-bond donors (Lipinski definition) is 3. The molecule has 4 N–H and O–H groups in total. The van der Waals surface area contributed by atoms with E-state index >= 15 is 0 Å². The average molecular weight is 335 g/mol. The van der Waals surface area contributed by atoms with Gasteiger partial charge < -0.3 is 11.1 Å². The van der Waals surface area contributed by atoms with Gasteiger partial charge in [0.25, 0.3) is 0 Å². The Morgan fingerprint density at radius 2 is 1.75 bits per heavy atom. The first-order chi connectivity index (χ1) is 11.2. The minimum absolute atomic E-state index is 0.202. The third kappa shape index (κ3) is 8.28. The average Bonchev–Trinajstić information content (AvgIpc) is 2.50. The van der Waals surface area contributed by atoms with Gasteiger partial charge in [-0.15, -0.1) is 0 Å². The summed E-state index contributed by atoms with van der Waals surface area (Å²) in [7, 11) is 0. The van der Waals surface area contributed by atoms with E-state index in [4.69, 9.17) is 10.6 Å². The van der Waals surface area contributed by atoms with E-state index in [9.17, 15) is 14.4 Å². The van der Waals surface area contributed by atoms with E-state index in [1.807, 2.05) is 30.3 Å². The van der Waals surface area contributed by atoms with Gasteiger partial charge in [-0.05, 0) is 32.8 Å². The summed E-state index contributed by atoms with van der Waals surface area (Å²) in [4.78, 5) is 40.3. The van der Waals surface area contributed by atoms with Crippen molar-refractivity contribution in [2.75, 3.05) is 0 Å². The minimum Gasteiger partial charge on any atom is -0.368 e. The van der Waals surface area contributed by atoms with Crippen LogP contribution in [0.3, 0.4) is 0 Å². The second-order valence-electron chi connectivity index (χ2n) is 6.45. The zero-order valence-electron chi connectivity index (χ0n) is 14.3. The molecule has 0 radical (unpaired) electrons. The van der Waals surface area contributed by atoms with Gasteiger partial charge in [-0.2, -0.15) is 0 Å². The van der Waals surface area contributed by atoms with Crippen molar-refractivity contribution in [3.63, 3.8) is 0 Å². The molecular formula is C17H25N3O4. The van der Waals surface area contributed by atoms with E-state index in [0.717, 1.165) is 5.56 Å². The van der Waals surface area contributed by atoms with Crippen LogP contribution in [0.15, 0.2) is 30.3 Å². The predicted molar refractivity (Wildman–Crippen MR) is 89.5 cm³/mol. The molecule has 0 aliphatic heterocycles. The molecule has 0 saturated heterocycles. The van der Waals surface area contributed by atoms with Crippen molar-refractivity contribution >= 4 is 17.7 Å². The highest BCUT2D eigenvalue weighted by Crippen LogP contribution is 2.05. The SMILES string of the molecule is CC(C)(C)ONC(=O)C[C@H](NC(=O)CCc1ccccc1)C(N)=O. The highest BCUT2D eigenvalue weighted by Gasteiger charge is 2.22. The van der Waals surface area contributed by atoms with Gasteiger partial charge >= 0.3 is 0 Å². The van der Waals surface area contributed by atoms with Crippen molar-refractivity contribution in [1.82, 2.24) is 10.8 Å². The molecule has 24 heavy (non-hydrogen) atoms.